The first-order valence-corrected chi connectivity index (χ1v) is 7.89. The Kier molecular flexibility index (Phi) is 3.83. The van der Waals surface area contributed by atoms with Gasteiger partial charge in [-0.3, -0.25) is 14.3 Å². The molecule has 0 fully saturated rings. The van der Waals surface area contributed by atoms with E-state index in [-0.39, 0.29) is 24.7 Å². The van der Waals surface area contributed by atoms with Crippen LogP contribution in [0.25, 0.3) is 5.69 Å². The van der Waals surface area contributed by atoms with E-state index < -0.39 is 17.3 Å². The number of fused-ring (bicyclic) bond motifs is 1. The normalized spacial score (nSPS) is 13.5. The molecular weight excluding hydrogens is 344 g/mol. The Morgan fingerprint density at radius 1 is 1.12 bits per heavy atom. The average Bonchev–Trinajstić information content (AvgIpc) is 2.98. The van der Waals surface area contributed by atoms with Crippen LogP contribution in [0.3, 0.4) is 0 Å². The van der Waals surface area contributed by atoms with Crippen molar-refractivity contribution in [3.8, 4) is 5.69 Å². The van der Waals surface area contributed by atoms with Gasteiger partial charge in [0.05, 0.1) is 6.54 Å². The fourth-order valence-electron chi connectivity index (χ4n) is 2.88. The summed E-state index contributed by atoms with van der Waals surface area (Å²) < 4.78 is 29.3. The quantitative estimate of drug-likeness (QED) is 0.694. The van der Waals surface area contributed by atoms with Gasteiger partial charge in [-0.25, -0.2) is 13.6 Å². The fourth-order valence-corrected chi connectivity index (χ4v) is 2.88. The van der Waals surface area contributed by atoms with Crippen molar-refractivity contribution < 1.29 is 13.6 Å². The van der Waals surface area contributed by atoms with Crippen LogP contribution in [-0.4, -0.2) is 36.7 Å². The molecule has 0 atom stereocenters. The molecule has 0 N–H and O–H groups in total. The second kappa shape index (κ2) is 6.17. The number of hydrogen-bond acceptors (Lipinski definition) is 4. The van der Waals surface area contributed by atoms with Crippen LogP contribution in [0.1, 0.15) is 16.3 Å². The van der Waals surface area contributed by atoms with Gasteiger partial charge in [0.15, 0.2) is 11.6 Å². The number of amides is 1. The van der Waals surface area contributed by atoms with Crippen LogP contribution >= 0.6 is 0 Å². The summed E-state index contributed by atoms with van der Waals surface area (Å²) in [5, 5.41) is 4.13. The van der Waals surface area contributed by atoms with Crippen molar-refractivity contribution in [3.05, 3.63) is 76.2 Å². The number of benzene rings is 1. The maximum atomic E-state index is 14.0. The van der Waals surface area contributed by atoms with Gasteiger partial charge in [0.2, 0.25) is 0 Å². The minimum Gasteiger partial charge on any atom is -0.328 e. The summed E-state index contributed by atoms with van der Waals surface area (Å²) in [6.07, 6.45) is 1.53. The topological polar surface area (TPSA) is 73.0 Å². The van der Waals surface area contributed by atoms with Gasteiger partial charge in [-0.1, -0.05) is 6.07 Å². The number of rotatable bonds is 2. The summed E-state index contributed by atoms with van der Waals surface area (Å²) in [5.74, 6) is -1.57. The van der Waals surface area contributed by atoms with Crippen LogP contribution in [0, 0.1) is 11.6 Å². The lowest BCUT2D eigenvalue weighted by atomic mass is 10.3. The Morgan fingerprint density at radius 2 is 1.96 bits per heavy atom. The van der Waals surface area contributed by atoms with E-state index in [9.17, 15) is 18.4 Å². The molecule has 1 amide bonds. The van der Waals surface area contributed by atoms with E-state index in [4.69, 9.17) is 0 Å². The van der Waals surface area contributed by atoms with Crippen LogP contribution in [0.5, 0.6) is 0 Å². The van der Waals surface area contributed by atoms with Crippen molar-refractivity contribution in [2.45, 2.75) is 13.1 Å². The van der Waals surface area contributed by atoms with Crippen molar-refractivity contribution >= 4 is 5.91 Å². The minimum absolute atomic E-state index is 0.0977. The van der Waals surface area contributed by atoms with Crippen molar-refractivity contribution in [2.24, 2.45) is 0 Å². The summed E-state index contributed by atoms with van der Waals surface area (Å²) in [7, 11) is 0. The molecule has 3 aromatic rings. The largest absolute Gasteiger partial charge is 0.350 e. The molecule has 0 saturated heterocycles. The van der Waals surface area contributed by atoms with Crippen LogP contribution in [0.15, 0.2) is 47.4 Å². The molecule has 4 rings (SSSR count). The molecule has 1 aliphatic heterocycles. The molecule has 0 spiro atoms. The lowest BCUT2D eigenvalue weighted by Gasteiger charge is -2.26. The molecule has 1 aromatic carbocycles. The number of aromatic nitrogens is 4. The zero-order chi connectivity index (χ0) is 18.3. The van der Waals surface area contributed by atoms with E-state index in [1.165, 1.54) is 15.7 Å². The number of hydrogen-bond donors (Lipinski definition) is 0. The zero-order valence-corrected chi connectivity index (χ0v) is 13.5. The Hall–Kier alpha value is -3.36. The highest BCUT2D eigenvalue weighted by Gasteiger charge is 2.27. The maximum absolute atomic E-state index is 14.0. The van der Waals surface area contributed by atoms with E-state index in [0.29, 0.717) is 24.1 Å². The van der Waals surface area contributed by atoms with Gasteiger partial charge in [-0.05, 0) is 24.3 Å². The van der Waals surface area contributed by atoms with E-state index in [0.717, 1.165) is 16.8 Å². The summed E-state index contributed by atoms with van der Waals surface area (Å²) in [4.78, 5) is 30.5. The van der Waals surface area contributed by atoms with E-state index >= 15 is 0 Å². The molecular formula is C17H13F2N5O2. The third-order valence-corrected chi connectivity index (χ3v) is 4.17. The summed E-state index contributed by atoms with van der Waals surface area (Å²) in [5.41, 5.74) is -0.372. The van der Waals surface area contributed by atoms with E-state index in [1.807, 2.05) is 0 Å². The third kappa shape index (κ3) is 2.67. The summed E-state index contributed by atoms with van der Waals surface area (Å²) in [6.45, 7) is 0.635. The number of carbonyl (C=O) groups is 1. The Bertz CT molecular complexity index is 1050. The number of carbonyl (C=O) groups excluding carboxylic acids is 1. The minimum atomic E-state index is -0.885. The Balaban J connectivity index is 1.67. The van der Waals surface area contributed by atoms with Crippen LogP contribution in [0.4, 0.5) is 8.78 Å². The number of pyridine rings is 1. The molecule has 132 valence electrons. The molecule has 0 aliphatic carbocycles. The Labute approximate surface area is 146 Å². The van der Waals surface area contributed by atoms with Gasteiger partial charge in [-0.15, -0.1) is 5.10 Å². The predicted molar refractivity (Wildman–Crippen MR) is 86.7 cm³/mol. The molecule has 2 aromatic heterocycles. The second-order valence-corrected chi connectivity index (χ2v) is 5.80. The molecule has 26 heavy (non-hydrogen) atoms. The maximum Gasteiger partial charge on any atom is 0.350 e. The fraction of sp³-hybridized carbons (Fsp3) is 0.176. The standard InChI is InChI=1S/C17H13F2N5O2/c18-11-4-5-14(12(19)9-11)24-17(26)23-8-7-22(10-15(23)21-24)16(25)13-3-1-2-6-20-13/h1-6,9H,7-8,10H2. The van der Waals surface area contributed by atoms with Crippen molar-refractivity contribution in [3.63, 3.8) is 0 Å². The highest BCUT2D eigenvalue weighted by atomic mass is 19.1. The highest BCUT2D eigenvalue weighted by Crippen LogP contribution is 2.15. The van der Waals surface area contributed by atoms with E-state index in [2.05, 4.69) is 10.1 Å². The molecule has 1 aliphatic rings. The van der Waals surface area contributed by atoms with Gasteiger partial charge in [0.25, 0.3) is 5.91 Å². The molecule has 0 bridgehead atoms. The van der Waals surface area contributed by atoms with Crippen LogP contribution in [0.2, 0.25) is 0 Å². The summed E-state index contributed by atoms with van der Waals surface area (Å²) in [6, 6.07) is 7.94. The van der Waals surface area contributed by atoms with Crippen molar-refractivity contribution in [1.29, 1.82) is 0 Å². The first kappa shape index (κ1) is 16.1. The number of nitrogens with zero attached hydrogens (tertiary/aromatic N) is 5. The first-order valence-electron chi connectivity index (χ1n) is 7.89. The Morgan fingerprint density at radius 3 is 2.69 bits per heavy atom. The van der Waals surface area contributed by atoms with Crippen molar-refractivity contribution in [1.82, 2.24) is 24.2 Å². The molecule has 0 radical (unpaired) electrons. The molecule has 9 heteroatoms. The highest BCUT2D eigenvalue weighted by molar-refractivity contribution is 5.92. The van der Waals surface area contributed by atoms with Crippen LogP contribution < -0.4 is 5.69 Å². The molecule has 7 nitrogen and oxygen atoms in total. The van der Waals surface area contributed by atoms with Gasteiger partial charge in [0, 0.05) is 25.4 Å². The third-order valence-electron chi connectivity index (χ3n) is 4.17. The lowest BCUT2D eigenvalue weighted by Crippen LogP contribution is -2.41. The average molecular weight is 357 g/mol. The second-order valence-electron chi connectivity index (χ2n) is 5.80. The smallest absolute Gasteiger partial charge is 0.328 e. The van der Waals surface area contributed by atoms with Gasteiger partial charge in [-0.2, -0.15) is 4.68 Å². The van der Waals surface area contributed by atoms with Crippen LogP contribution in [-0.2, 0) is 13.1 Å². The number of halogens is 2. The monoisotopic (exact) mass is 357 g/mol. The van der Waals surface area contributed by atoms with Gasteiger partial charge in [0.1, 0.15) is 17.2 Å². The first-order chi connectivity index (χ1) is 12.5. The van der Waals surface area contributed by atoms with Gasteiger partial charge < -0.3 is 4.90 Å². The zero-order valence-electron chi connectivity index (χ0n) is 13.5. The lowest BCUT2D eigenvalue weighted by molar-refractivity contribution is 0.0700. The van der Waals surface area contributed by atoms with Gasteiger partial charge >= 0.3 is 5.69 Å². The molecule has 0 saturated carbocycles. The SMILES string of the molecule is O=C(c1ccccn1)N1CCn2c(nn(-c3ccc(F)cc3F)c2=O)C1. The van der Waals surface area contributed by atoms with E-state index in [1.54, 1.807) is 18.2 Å². The summed E-state index contributed by atoms with van der Waals surface area (Å²) >= 11 is 0. The molecule has 0 unspecified atom stereocenters. The predicted octanol–water partition coefficient (Wildman–Crippen LogP) is 1.36. The van der Waals surface area contributed by atoms with Crippen molar-refractivity contribution in [2.75, 3.05) is 6.54 Å². The molecule has 3 heterocycles.